The molecule has 1 saturated carbocycles. The van der Waals surface area contributed by atoms with Crippen LogP contribution in [0.5, 0.6) is 0 Å². The van der Waals surface area contributed by atoms with Crippen LogP contribution < -0.4 is 0 Å². The molecule has 3 rings (SSSR count). The Hall–Kier alpha value is -0.170. The Kier molecular flexibility index (Phi) is 6.74. The molecule has 2 aliphatic rings. The highest BCUT2D eigenvalue weighted by molar-refractivity contribution is 14.1. The number of hydrogen-bond acceptors (Lipinski definition) is 3. The van der Waals surface area contributed by atoms with E-state index in [1.165, 1.54) is 47.8 Å². The number of benzene rings is 1. The average molecular weight is 428 g/mol. The first-order valence-electron chi connectivity index (χ1n) is 9.11. The summed E-state index contributed by atoms with van der Waals surface area (Å²) >= 11 is 2.36. The number of aliphatic hydroxyl groups is 1. The summed E-state index contributed by atoms with van der Waals surface area (Å²) in [6.45, 7) is 5.79. The van der Waals surface area contributed by atoms with E-state index in [0.29, 0.717) is 6.04 Å². The summed E-state index contributed by atoms with van der Waals surface area (Å²) in [5, 5.41) is 10.2. The molecule has 128 valence electrons. The van der Waals surface area contributed by atoms with Gasteiger partial charge in [-0.2, -0.15) is 0 Å². The van der Waals surface area contributed by atoms with Gasteiger partial charge < -0.3 is 10.0 Å². The lowest BCUT2D eigenvalue weighted by Crippen LogP contribution is -2.54. The second kappa shape index (κ2) is 8.79. The van der Waals surface area contributed by atoms with Crippen molar-refractivity contribution in [1.82, 2.24) is 9.80 Å². The summed E-state index contributed by atoms with van der Waals surface area (Å²) < 4.78 is 1.31. The van der Waals surface area contributed by atoms with Gasteiger partial charge in [-0.3, -0.25) is 4.90 Å². The minimum Gasteiger partial charge on any atom is -0.391 e. The van der Waals surface area contributed by atoms with Gasteiger partial charge in [0.15, 0.2) is 0 Å². The third-order valence-electron chi connectivity index (χ3n) is 5.42. The first-order valence-corrected chi connectivity index (χ1v) is 10.2. The Balaban J connectivity index is 1.36. The lowest BCUT2D eigenvalue weighted by molar-refractivity contribution is -0.00358. The third-order valence-corrected chi connectivity index (χ3v) is 6.14. The highest BCUT2D eigenvalue weighted by atomic mass is 127. The first kappa shape index (κ1) is 17.6. The zero-order valence-electron chi connectivity index (χ0n) is 14.0. The second-order valence-corrected chi connectivity index (χ2v) is 8.27. The van der Waals surface area contributed by atoms with E-state index in [-0.39, 0.29) is 6.10 Å². The maximum absolute atomic E-state index is 10.2. The minimum absolute atomic E-state index is 0.0869. The summed E-state index contributed by atoms with van der Waals surface area (Å²) in [7, 11) is 0. The van der Waals surface area contributed by atoms with Crippen LogP contribution >= 0.6 is 22.6 Å². The van der Waals surface area contributed by atoms with E-state index in [9.17, 15) is 5.11 Å². The van der Waals surface area contributed by atoms with Gasteiger partial charge in [0.2, 0.25) is 0 Å². The Morgan fingerprint density at radius 2 is 1.70 bits per heavy atom. The SMILES string of the molecule is O[C@H]1CCCC[C@@H]1N1CCN(CCCc2ccc(I)cc2)CC1. The Morgan fingerprint density at radius 1 is 1.00 bits per heavy atom. The van der Waals surface area contributed by atoms with E-state index >= 15 is 0 Å². The lowest BCUT2D eigenvalue weighted by atomic mass is 9.91. The molecule has 23 heavy (non-hydrogen) atoms. The maximum Gasteiger partial charge on any atom is 0.0695 e. The Labute approximate surface area is 154 Å². The summed E-state index contributed by atoms with van der Waals surface area (Å²) in [5.41, 5.74) is 1.45. The van der Waals surface area contributed by atoms with E-state index in [1.807, 2.05) is 0 Å². The van der Waals surface area contributed by atoms with Gasteiger partial charge in [-0.15, -0.1) is 0 Å². The van der Waals surface area contributed by atoms with Crippen LogP contribution in [0.4, 0.5) is 0 Å². The molecule has 1 N–H and O–H groups in total. The fraction of sp³-hybridized carbons (Fsp3) is 0.684. The summed E-state index contributed by atoms with van der Waals surface area (Å²) in [6.07, 6.45) is 7.02. The molecule has 0 radical (unpaired) electrons. The number of aryl methyl sites for hydroxylation is 1. The van der Waals surface area contributed by atoms with E-state index in [2.05, 4.69) is 56.7 Å². The van der Waals surface area contributed by atoms with Crippen molar-refractivity contribution >= 4 is 22.6 Å². The topological polar surface area (TPSA) is 26.7 Å². The van der Waals surface area contributed by atoms with Crippen molar-refractivity contribution in [2.24, 2.45) is 0 Å². The van der Waals surface area contributed by atoms with Crippen molar-refractivity contribution in [1.29, 1.82) is 0 Å². The molecule has 1 aromatic rings. The first-order chi connectivity index (χ1) is 11.2. The van der Waals surface area contributed by atoms with Crippen molar-refractivity contribution in [2.45, 2.75) is 50.7 Å². The molecule has 1 saturated heterocycles. The molecule has 1 aliphatic heterocycles. The molecule has 0 amide bonds. The highest BCUT2D eigenvalue weighted by Crippen LogP contribution is 2.24. The van der Waals surface area contributed by atoms with E-state index in [1.54, 1.807) is 0 Å². The summed E-state index contributed by atoms with van der Waals surface area (Å²) in [5.74, 6) is 0. The number of piperazine rings is 1. The minimum atomic E-state index is -0.0869. The molecule has 0 bridgehead atoms. The summed E-state index contributed by atoms with van der Waals surface area (Å²) in [4.78, 5) is 5.14. The summed E-state index contributed by atoms with van der Waals surface area (Å²) in [6, 6.07) is 9.33. The number of nitrogens with zero attached hydrogens (tertiary/aromatic N) is 2. The fourth-order valence-electron chi connectivity index (χ4n) is 3.99. The molecule has 1 aliphatic carbocycles. The van der Waals surface area contributed by atoms with Crippen molar-refractivity contribution in [2.75, 3.05) is 32.7 Å². The van der Waals surface area contributed by atoms with Gasteiger partial charge in [0.1, 0.15) is 0 Å². The quantitative estimate of drug-likeness (QED) is 0.731. The normalized spacial score (nSPS) is 27.2. The van der Waals surface area contributed by atoms with E-state index < -0.39 is 0 Å². The maximum atomic E-state index is 10.2. The van der Waals surface area contributed by atoms with Gasteiger partial charge in [0.25, 0.3) is 0 Å². The van der Waals surface area contributed by atoms with Crippen molar-refractivity contribution in [3.8, 4) is 0 Å². The molecular formula is C19H29IN2O. The molecule has 0 unspecified atom stereocenters. The van der Waals surface area contributed by atoms with Crippen LogP contribution in [-0.2, 0) is 6.42 Å². The average Bonchev–Trinajstić information content (AvgIpc) is 2.58. The smallest absolute Gasteiger partial charge is 0.0695 e. The van der Waals surface area contributed by atoms with Gasteiger partial charge in [-0.25, -0.2) is 0 Å². The molecule has 0 spiro atoms. The van der Waals surface area contributed by atoms with Crippen LogP contribution in [0.2, 0.25) is 0 Å². The zero-order valence-corrected chi connectivity index (χ0v) is 16.1. The van der Waals surface area contributed by atoms with Crippen LogP contribution in [0.3, 0.4) is 0 Å². The number of rotatable bonds is 5. The second-order valence-electron chi connectivity index (χ2n) is 7.03. The predicted molar refractivity (Wildman–Crippen MR) is 104 cm³/mol. The van der Waals surface area contributed by atoms with E-state index in [4.69, 9.17) is 0 Å². The van der Waals surface area contributed by atoms with Gasteiger partial charge in [0.05, 0.1) is 6.10 Å². The van der Waals surface area contributed by atoms with Crippen molar-refractivity contribution < 1.29 is 5.11 Å². The fourth-order valence-corrected chi connectivity index (χ4v) is 4.35. The standard InChI is InChI=1S/C19H29IN2O/c20-17-9-7-16(8-10-17)4-3-11-21-12-14-22(15-13-21)18-5-1-2-6-19(18)23/h7-10,18-19,23H,1-6,11-15H2/t18-,19-/m0/s1. The molecule has 1 aromatic carbocycles. The Bertz CT molecular complexity index is 471. The number of aliphatic hydroxyl groups excluding tert-OH is 1. The van der Waals surface area contributed by atoms with Crippen LogP contribution in [0.25, 0.3) is 0 Å². The Morgan fingerprint density at radius 3 is 2.39 bits per heavy atom. The molecule has 1 heterocycles. The molecule has 0 aromatic heterocycles. The van der Waals surface area contributed by atoms with E-state index in [0.717, 1.165) is 32.6 Å². The van der Waals surface area contributed by atoms with Gasteiger partial charge in [-0.05, 0) is 72.5 Å². The molecule has 4 heteroatoms. The van der Waals surface area contributed by atoms with Crippen LogP contribution in [0.15, 0.2) is 24.3 Å². The monoisotopic (exact) mass is 428 g/mol. The van der Waals surface area contributed by atoms with Gasteiger partial charge in [-0.1, -0.05) is 25.0 Å². The number of halogens is 1. The molecule has 2 fully saturated rings. The van der Waals surface area contributed by atoms with Crippen LogP contribution in [-0.4, -0.2) is 59.8 Å². The van der Waals surface area contributed by atoms with Crippen molar-refractivity contribution in [3.63, 3.8) is 0 Å². The van der Waals surface area contributed by atoms with Gasteiger partial charge in [0, 0.05) is 35.8 Å². The van der Waals surface area contributed by atoms with Crippen molar-refractivity contribution in [3.05, 3.63) is 33.4 Å². The third kappa shape index (κ3) is 5.15. The lowest BCUT2D eigenvalue weighted by Gasteiger charge is -2.42. The van der Waals surface area contributed by atoms with Crippen LogP contribution in [0.1, 0.15) is 37.7 Å². The van der Waals surface area contributed by atoms with Crippen LogP contribution in [0, 0.1) is 3.57 Å². The highest BCUT2D eigenvalue weighted by Gasteiger charge is 2.30. The predicted octanol–water partition coefficient (Wildman–Crippen LogP) is 3.14. The van der Waals surface area contributed by atoms with Gasteiger partial charge >= 0.3 is 0 Å². The number of hydrogen-bond donors (Lipinski definition) is 1. The molecule has 3 nitrogen and oxygen atoms in total. The molecular weight excluding hydrogens is 399 g/mol. The zero-order chi connectivity index (χ0) is 16.1. The molecule has 2 atom stereocenters. The largest absolute Gasteiger partial charge is 0.391 e.